The van der Waals surface area contributed by atoms with E-state index in [1.807, 2.05) is 6.08 Å². The monoisotopic (exact) mass is 404 g/mol. The van der Waals surface area contributed by atoms with E-state index in [2.05, 4.69) is 52.3 Å². The van der Waals surface area contributed by atoms with Crippen molar-refractivity contribution in [3.05, 3.63) is 62.8 Å². The van der Waals surface area contributed by atoms with E-state index >= 15 is 0 Å². The molecule has 1 aromatic heterocycles. The first kappa shape index (κ1) is 18.5. The van der Waals surface area contributed by atoms with Crippen molar-refractivity contribution < 1.29 is 9.63 Å². The summed E-state index contributed by atoms with van der Waals surface area (Å²) in [5.41, 5.74) is 6.16. The number of amides is 1. The lowest BCUT2D eigenvalue weighted by molar-refractivity contribution is 0.0499. The Labute approximate surface area is 167 Å². The van der Waals surface area contributed by atoms with Gasteiger partial charge in [-0.25, -0.2) is 0 Å². The molecule has 27 heavy (non-hydrogen) atoms. The van der Waals surface area contributed by atoms with Crippen molar-refractivity contribution in [1.29, 1.82) is 0 Å². The molecule has 0 saturated carbocycles. The van der Waals surface area contributed by atoms with Gasteiger partial charge in [0.2, 0.25) is 0 Å². The zero-order valence-corrected chi connectivity index (χ0v) is 16.4. The second kappa shape index (κ2) is 8.00. The lowest BCUT2D eigenvalue weighted by Crippen LogP contribution is -2.31. The van der Waals surface area contributed by atoms with E-state index in [9.17, 15) is 4.79 Å². The number of hydrogen-bond donors (Lipinski definition) is 3. The molecule has 2 aromatic rings. The third-order valence-corrected chi connectivity index (χ3v) is 5.94. The number of rotatable bonds is 5. The van der Waals surface area contributed by atoms with Crippen LogP contribution in [0.25, 0.3) is 5.70 Å². The molecule has 3 heterocycles. The van der Waals surface area contributed by atoms with Crippen LogP contribution in [0, 0.1) is 0 Å². The van der Waals surface area contributed by atoms with Crippen LogP contribution in [0.5, 0.6) is 0 Å². The number of nitrogens with zero attached hydrogens (tertiary/aromatic N) is 1. The average Bonchev–Trinajstić information content (AvgIpc) is 3.41. The number of likely N-dealkylation sites (N-methyl/N-ethyl adjacent to an activating group) is 1. The van der Waals surface area contributed by atoms with Gasteiger partial charge in [0.15, 0.2) is 0 Å². The van der Waals surface area contributed by atoms with E-state index in [4.69, 9.17) is 16.4 Å². The lowest BCUT2D eigenvalue weighted by atomic mass is 10.1. The van der Waals surface area contributed by atoms with Gasteiger partial charge in [-0.1, -0.05) is 35.9 Å². The number of carbonyl (C=O) groups excluding carboxylic acids is 1. The second-order valence-electron chi connectivity index (χ2n) is 6.61. The predicted molar refractivity (Wildman–Crippen MR) is 107 cm³/mol. The van der Waals surface area contributed by atoms with Crippen LogP contribution in [0.15, 0.2) is 42.5 Å². The number of halogens is 1. The molecular weight excluding hydrogens is 384 g/mol. The highest BCUT2D eigenvalue weighted by molar-refractivity contribution is 7.17. The largest absolute Gasteiger partial charge is 0.348 e. The smallest absolute Gasteiger partial charge is 0.261 e. The molecule has 1 amide bonds. The molecule has 2 atom stereocenters. The number of hydrogen-bond acceptors (Lipinski definition) is 6. The van der Waals surface area contributed by atoms with Crippen LogP contribution < -0.4 is 16.1 Å². The van der Waals surface area contributed by atoms with Crippen LogP contribution >= 0.6 is 22.9 Å². The zero-order chi connectivity index (χ0) is 18.8. The number of hydroxylamine groups is 1. The van der Waals surface area contributed by atoms with Crippen LogP contribution in [0.4, 0.5) is 0 Å². The Balaban J connectivity index is 1.35. The minimum Gasteiger partial charge on any atom is -0.348 e. The number of carbonyl (C=O) groups is 1. The van der Waals surface area contributed by atoms with E-state index in [0.717, 1.165) is 24.4 Å². The molecule has 1 aromatic carbocycles. The Hall–Kier alpha value is -1.90. The maximum absolute atomic E-state index is 12.1. The van der Waals surface area contributed by atoms with Gasteiger partial charge in [0.05, 0.1) is 27.6 Å². The number of benzene rings is 1. The Morgan fingerprint density at radius 1 is 1.33 bits per heavy atom. The van der Waals surface area contributed by atoms with E-state index in [0.29, 0.717) is 15.8 Å². The van der Waals surface area contributed by atoms with Crippen molar-refractivity contribution in [1.82, 2.24) is 21.0 Å². The van der Waals surface area contributed by atoms with Gasteiger partial charge in [0.1, 0.15) is 6.10 Å². The number of nitrogens with one attached hydrogen (secondary N) is 3. The van der Waals surface area contributed by atoms with Gasteiger partial charge in [0.25, 0.3) is 5.91 Å². The number of thiophene rings is 1. The fraction of sp³-hybridized carbons (Fsp3) is 0.316. The summed E-state index contributed by atoms with van der Waals surface area (Å²) in [4.78, 5) is 20.5. The van der Waals surface area contributed by atoms with Crippen LogP contribution in [-0.4, -0.2) is 43.6 Å². The van der Waals surface area contributed by atoms with Crippen molar-refractivity contribution >= 4 is 34.5 Å². The first-order chi connectivity index (χ1) is 13.1. The molecule has 2 aliphatic heterocycles. The Morgan fingerprint density at radius 2 is 2.15 bits per heavy atom. The Bertz CT molecular complexity index is 852. The van der Waals surface area contributed by atoms with E-state index in [1.165, 1.54) is 16.9 Å². The lowest BCUT2D eigenvalue weighted by Gasteiger charge is -2.19. The molecule has 3 N–H and O–H groups in total. The molecular formula is C19H21ClN4O2S. The molecule has 1 fully saturated rings. The minimum absolute atomic E-state index is 0.144. The van der Waals surface area contributed by atoms with E-state index < -0.39 is 0 Å². The summed E-state index contributed by atoms with van der Waals surface area (Å²) in [5, 5.41) is 6.35. The Kier molecular flexibility index (Phi) is 5.47. The first-order valence-corrected chi connectivity index (χ1v) is 10.0. The standard InChI is InChI=1S/C19H21ClN4O2S/c1-24-9-8-21-18(24)13-4-2-12(3-5-13)15-10-14(26-23-15)11-22-19(25)16-6-7-17(20)27-16/h2-7,10,14,18,21,23H,8-9,11H2,1H3,(H,22,25). The quantitative estimate of drug-likeness (QED) is 0.715. The molecule has 0 spiro atoms. The van der Waals surface area contributed by atoms with Crippen LogP contribution in [0.1, 0.15) is 27.0 Å². The first-order valence-electron chi connectivity index (χ1n) is 8.81. The summed E-state index contributed by atoms with van der Waals surface area (Å²) in [6.07, 6.45) is 2.03. The van der Waals surface area contributed by atoms with Crippen LogP contribution in [0.2, 0.25) is 4.34 Å². The molecule has 2 aliphatic rings. The predicted octanol–water partition coefficient (Wildman–Crippen LogP) is 2.61. The summed E-state index contributed by atoms with van der Waals surface area (Å²) in [7, 11) is 2.12. The van der Waals surface area contributed by atoms with Crippen molar-refractivity contribution in [2.45, 2.75) is 12.3 Å². The summed E-state index contributed by atoms with van der Waals surface area (Å²) < 4.78 is 0.601. The van der Waals surface area contributed by atoms with Gasteiger partial charge in [-0.15, -0.1) is 11.3 Å². The van der Waals surface area contributed by atoms with Gasteiger partial charge in [-0.05, 0) is 36.4 Å². The van der Waals surface area contributed by atoms with Crippen molar-refractivity contribution in [2.24, 2.45) is 0 Å². The van der Waals surface area contributed by atoms with E-state index in [1.54, 1.807) is 12.1 Å². The zero-order valence-electron chi connectivity index (χ0n) is 14.9. The van der Waals surface area contributed by atoms with E-state index in [-0.39, 0.29) is 18.2 Å². The molecule has 1 saturated heterocycles. The van der Waals surface area contributed by atoms with Crippen LogP contribution in [-0.2, 0) is 4.84 Å². The van der Waals surface area contributed by atoms with Crippen molar-refractivity contribution in [2.75, 3.05) is 26.7 Å². The summed E-state index contributed by atoms with van der Waals surface area (Å²) in [6, 6.07) is 11.9. The highest BCUT2D eigenvalue weighted by Crippen LogP contribution is 2.24. The SMILES string of the molecule is CN1CCNC1c1ccc(C2=CC(CNC(=O)c3ccc(Cl)s3)ON2)cc1. The molecule has 8 heteroatoms. The average molecular weight is 405 g/mol. The van der Waals surface area contributed by atoms with Gasteiger partial charge < -0.3 is 5.32 Å². The van der Waals surface area contributed by atoms with Crippen molar-refractivity contribution in [3.63, 3.8) is 0 Å². The molecule has 0 aliphatic carbocycles. The normalized spacial score (nSPS) is 22.5. The highest BCUT2D eigenvalue weighted by atomic mass is 35.5. The highest BCUT2D eigenvalue weighted by Gasteiger charge is 2.23. The molecule has 6 nitrogen and oxygen atoms in total. The molecule has 2 unspecified atom stereocenters. The Morgan fingerprint density at radius 3 is 2.81 bits per heavy atom. The maximum Gasteiger partial charge on any atom is 0.261 e. The summed E-state index contributed by atoms with van der Waals surface area (Å²) in [5.74, 6) is -0.144. The fourth-order valence-electron chi connectivity index (χ4n) is 3.25. The fourth-order valence-corrected chi connectivity index (χ4v) is 4.20. The molecule has 4 rings (SSSR count). The molecule has 142 valence electrons. The third-order valence-electron chi connectivity index (χ3n) is 4.71. The third kappa shape index (κ3) is 4.17. The molecule has 0 radical (unpaired) electrons. The van der Waals surface area contributed by atoms with Crippen molar-refractivity contribution in [3.8, 4) is 0 Å². The second-order valence-corrected chi connectivity index (χ2v) is 8.33. The summed E-state index contributed by atoms with van der Waals surface area (Å²) >= 11 is 7.13. The van der Waals surface area contributed by atoms with Gasteiger partial charge in [-0.3, -0.25) is 25.3 Å². The van der Waals surface area contributed by atoms with Gasteiger partial charge in [0, 0.05) is 13.1 Å². The minimum atomic E-state index is -0.221. The van der Waals surface area contributed by atoms with Crippen LogP contribution in [0.3, 0.4) is 0 Å². The molecule has 0 bridgehead atoms. The topological polar surface area (TPSA) is 65.6 Å². The van der Waals surface area contributed by atoms with Gasteiger partial charge >= 0.3 is 0 Å². The van der Waals surface area contributed by atoms with Gasteiger partial charge in [-0.2, -0.15) is 0 Å². The summed E-state index contributed by atoms with van der Waals surface area (Å²) in [6.45, 7) is 2.45. The maximum atomic E-state index is 12.1.